The molecular weight excluding hydrogens is 323 g/mol. The van der Waals surface area contributed by atoms with Gasteiger partial charge in [0.15, 0.2) is 9.84 Å². The van der Waals surface area contributed by atoms with Gasteiger partial charge in [0.25, 0.3) is 5.91 Å². The third-order valence-corrected chi connectivity index (χ3v) is 6.15. The van der Waals surface area contributed by atoms with Gasteiger partial charge in [-0.1, -0.05) is 0 Å². The number of anilines is 1. The average Bonchev–Trinajstić information content (AvgIpc) is 2.71. The lowest BCUT2D eigenvalue weighted by Gasteiger charge is -2.25. The molecule has 3 rings (SSSR count). The molecule has 0 aliphatic carbocycles. The molecule has 2 amide bonds. The lowest BCUT2D eigenvalue weighted by Crippen LogP contribution is -2.47. The number of amides is 2. The van der Waals surface area contributed by atoms with Gasteiger partial charge in [0, 0.05) is 12.1 Å². The lowest BCUT2D eigenvalue weighted by atomic mass is 9.98. The minimum Gasteiger partial charge on any atom is -0.346 e. The number of carbonyl (C=O) groups excluding carboxylic acids is 2. The first-order valence-electron chi connectivity index (χ1n) is 7.33. The van der Waals surface area contributed by atoms with Crippen LogP contribution in [0.1, 0.15) is 35.7 Å². The molecule has 2 aliphatic rings. The third-order valence-electron chi connectivity index (χ3n) is 4.25. The van der Waals surface area contributed by atoms with Crippen molar-refractivity contribution in [1.29, 1.82) is 0 Å². The van der Waals surface area contributed by atoms with Gasteiger partial charge in [0.05, 0.1) is 22.6 Å². The van der Waals surface area contributed by atoms with Crippen molar-refractivity contribution in [3.05, 3.63) is 29.1 Å². The van der Waals surface area contributed by atoms with Crippen LogP contribution in [0.5, 0.6) is 0 Å². The Morgan fingerprint density at radius 3 is 2.74 bits per heavy atom. The van der Waals surface area contributed by atoms with Crippen molar-refractivity contribution >= 4 is 27.3 Å². The van der Waals surface area contributed by atoms with Gasteiger partial charge in [-0.05, 0) is 37.5 Å². The predicted molar refractivity (Wildman–Crippen MR) is 82.5 cm³/mol. The Balaban J connectivity index is 1.84. The summed E-state index contributed by atoms with van der Waals surface area (Å²) in [4.78, 5) is 23.7. The normalized spacial score (nSPS) is 25.6. The van der Waals surface area contributed by atoms with Crippen LogP contribution in [0.4, 0.5) is 10.1 Å². The summed E-state index contributed by atoms with van der Waals surface area (Å²) in [6, 6.07) is 2.56. The summed E-state index contributed by atoms with van der Waals surface area (Å²) < 4.78 is 37.4. The van der Waals surface area contributed by atoms with E-state index in [0.717, 1.165) is 6.07 Å². The van der Waals surface area contributed by atoms with E-state index in [9.17, 15) is 22.4 Å². The van der Waals surface area contributed by atoms with Crippen molar-refractivity contribution in [1.82, 2.24) is 5.32 Å². The first-order chi connectivity index (χ1) is 10.7. The maximum absolute atomic E-state index is 14.2. The molecule has 1 aromatic carbocycles. The van der Waals surface area contributed by atoms with Gasteiger partial charge in [-0.3, -0.25) is 9.59 Å². The molecule has 1 aromatic rings. The van der Waals surface area contributed by atoms with E-state index in [2.05, 4.69) is 10.6 Å². The molecule has 2 N–H and O–H groups in total. The Hall–Kier alpha value is -1.96. The molecule has 0 saturated carbocycles. The molecule has 0 spiro atoms. The average molecular weight is 340 g/mol. The topological polar surface area (TPSA) is 92.3 Å². The van der Waals surface area contributed by atoms with E-state index in [1.54, 1.807) is 6.92 Å². The standard InChI is InChI=1S/C15H17FN2O4S/c1-15(4-5-23(21,22)8-15)18-14(20)10-6-9-2-3-13(19)17-12(9)7-11(10)16/h6-7H,2-5,8H2,1H3,(H,17,19)(H,18,20). The fraction of sp³-hybridized carbons (Fsp3) is 0.467. The number of halogens is 1. The molecule has 6 nitrogen and oxygen atoms in total. The minimum atomic E-state index is -3.17. The van der Waals surface area contributed by atoms with Gasteiger partial charge in [0.2, 0.25) is 5.91 Å². The molecule has 2 heterocycles. The van der Waals surface area contributed by atoms with Crippen LogP contribution in [0.3, 0.4) is 0 Å². The van der Waals surface area contributed by atoms with Crippen LogP contribution in [-0.4, -0.2) is 37.3 Å². The molecule has 124 valence electrons. The van der Waals surface area contributed by atoms with E-state index in [-0.39, 0.29) is 29.4 Å². The Kier molecular flexibility index (Phi) is 3.66. The van der Waals surface area contributed by atoms with Crippen molar-refractivity contribution in [3.8, 4) is 0 Å². The second-order valence-corrected chi connectivity index (χ2v) is 8.58. The fourth-order valence-corrected chi connectivity index (χ4v) is 5.12. The third kappa shape index (κ3) is 3.21. The minimum absolute atomic E-state index is 0.0164. The molecule has 0 radical (unpaired) electrons. The summed E-state index contributed by atoms with van der Waals surface area (Å²) in [6.07, 6.45) is 1.03. The number of benzene rings is 1. The van der Waals surface area contributed by atoms with Crippen molar-refractivity contribution in [2.45, 2.75) is 31.7 Å². The molecule has 0 aromatic heterocycles. The predicted octanol–water partition coefficient (Wildman–Crippen LogP) is 1.02. The molecule has 1 fully saturated rings. The van der Waals surface area contributed by atoms with Crippen molar-refractivity contribution in [2.75, 3.05) is 16.8 Å². The zero-order chi connectivity index (χ0) is 16.8. The number of hydrogen-bond acceptors (Lipinski definition) is 4. The number of carbonyl (C=O) groups is 2. The Morgan fingerprint density at radius 2 is 2.09 bits per heavy atom. The highest BCUT2D eigenvalue weighted by Gasteiger charge is 2.40. The zero-order valence-corrected chi connectivity index (χ0v) is 13.4. The molecule has 23 heavy (non-hydrogen) atoms. The highest BCUT2D eigenvalue weighted by atomic mass is 32.2. The quantitative estimate of drug-likeness (QED) is 0.841. The maximum atomic E-state index is 14.2. The molecule has 8 heteroatoms. The van der Waals surface area contributed by atoms with Crippen molar-refractivity contribution in [3.63, 3.8) is 0 Å². The van der Waals surface area contributed by atoms with Crippen LogP contribution in [0.15, 0.2) is 12.1 Å². The summed E-state index contributed by atoms with van der Waals surface area (Å²) in [5, 5.41) is 5.21. The van der Waals surface area contributed by atoms with Crippen LogP contribution < -0.4 is 10.6 Å². The van der Waals surface area contributed by atoms with Gasteiger partial charge in [-0.25, -0.2) is 12.8 Å². The van der Waals surface area contributed by atoms with E-state index in [1.165, 1.54) is 6.07 Å². The van der Waals surface area contributed by atoms with Crippen LogP contribution >= 0.6 is 0 Å². The smallest absolute Gasteiger partial charge is 0.254 e. The van der Waals surface area contributed by atoms with Crippen LogP contribution in [0.2, 0.25) is 0 Å². The summed E-state index contributed by atoms with van der Waals surface area (Å²) in [6.45, 7) is 1.64. The first kappa shape index (κ1) is 15.9. The number of fused-ring (bicyclic) bond motifs is 1. The zero-order valence-electron chi connectivity index (χ0n) is 12.6. The lowest BCUT2D eigenvalue weighted by molar-refractivity contribution is -0.116. The second-order valence-electron chi connectivity index (χ2n) is 6.39. The van der Waals surface area contributed by atoms with Crippen LogP contribution in [0, 0.1) is 5.82 Å². The number of aryl methyl sites for hydroxylation is 1. The van der Waals surface area contributed by atoms with Crippen LogP contribution in [-0.2, 0) is 21.1 Å². The van der Waals surface area contributed by atoms with Gasteiger partial charge in [-0.15, -0.1) is 0 Å². The van der Waals surface area contributed by atoms with Crippen molar-refractivity contribution < 1.29 is 22.4 Å². The van der Waals surface area contributed by atoms with E-state index < -0.39 is 27.1 Å². The highest BCUT2D eigenvalue weighted by Crippen LogP contribution is 2.27. The number of hydrogen-bond donors (Lipinski definition) is 2. The Bertz CT molecular complexity index is 806. The van der Waals surface area contributed by atoms with E-state index in [0.29, 0.717) is 24.1 Å². The monoisotopic (exact) mass is 340 g/mol. The van der Waals surface area contributed by atoms with Gasteiger partial charge < -0.3 is 10.6 Å². The Labute approximate surface area is 133 Å². The fourth-order valence-electron chi connectivity index (χ4n) is 3.03. The molecule has 1 unspecified atom stereocenters. The molecule has 1 atom stereocenters. The maximum Gasteiger partial charge on any atom is 0.254 e. The summed E-state index contributed by atoms with van der Waals surface area (Å²) in [7, 11) is -3.17. The van der Waals surface area contributed by atoms with Crippen LogP contribution in [0.25, 0.3) is 0 Å². The van der Waals surface area contributed by atoms with Gasteiger partial charge >= 0.3 is 0 Å². The van der Waals surface area contributed by atoms with Gasteiger partial charge in [-0.2, -0.15) is 0 Å². The highest BCUT2D eigenvalue weighted by molar-refractivity contribution is 7.91. The van der Waals surface area contributed by atoms with E-state index >= 15 is 0 Å². The molecule has 1 saturated heterocycles. The largest absolute Gasteiger partial charge is 0.346 e. The molecule has 2 aliphatic heterocycles. The molecule has 0 bridgehead atoms. The Morgan fingerprint density at radius 1 is 1.35 bits per heavy atom. The van der Waals surface area contributed by atoms with Crippen molar-refractivity contribution in [2.24, 2.45) is 0 Å². The second kappa shape index (κ2) is 5.30. The number of rotatable bonds is 2. The van der Waals surface area contributed by atoms with E-state index in [1.807, 2.05) is 0 Å². The van der Waals surface area contributed by atoms with E-state index in [4.69, 9.17) is 0 Å². The van der Waals surface area contributed by atoms with Gasteiger partial charge in [0.1, 0.15) is 5.82 Å². The summed E-state index contributed by atoms with van der Waals surface area (Å²) >= 11 is 0. The first-order valence-corrected chi connectivity index (χ1v) is 9.15. The SMILES string of the molecule is CC1(NC(=O)c2cc3c(cc2F)NC(=O)CC3)CCS(=O)(=O)C1. The molecular formula is C15H17FN2O4S. The summed E-state index contributed by atoms with van der Waals surface area (Å²) in [5.74, 6) is -1.69. The summed E-state index contributed by atoms with van der Waals surface area (Å²) in [5.41, 5.74) is 0.0580. The number of sulfone groups is 1. The number of nitrogens with one attached hydrogen (secondary N) is 2.